The second kappa shape index (κ2) is 4.48. The number of nitrogens with zero attached hydrogens (tertiary/aromatic N) is 5. The summed E-state index contributed by atoms with van der Waals surface area (Å²) in [4.78, 5) is 0. The number of thioether (sulfide) groups is 1. The third-order valence-electron chi connectivity index (χ3n) is 1.81. The fraction of sp³-hybridized carbons (Fsp3) is 0.429. The van der Waals surface area contributed by atoms with E-state index in [1.165, 1.54) is 0 Å². The number of halogens is 3. The molecule has 0 aliphatic rings. The molecule has 2 N–H and O–H groups in total. The highest BCUT2D eigenvalue weighted by molar-refractivity contribution is 7.98. The van der Waals surface area contributed by atoms with Crippen molar-refractivity contribution in [1.82, 2.24) is 25.1 Å². The number of aryl methyl sites for hydroxylation is 1. The lowest BCUT2D eigenvalue weighted by atomic mass is 10.6. The number of hydrogen-bond donors (Lipinski definition) is 1. The van der Waals surface area contributed by atoms with Gasteiger partial charge in [-0.1, -0.05) is 11.8 Å². The van der Waals surface area contributed by atoms with E-state index in [1.807, 2.05) is 0 Å². The van der Waals surface area contributed by atoms with Gasteiger partial charge in [-0.3, -0.25) is 0 Å². The van der Waals surface area contributed by atoms with Crippen LogP contribution in [0.3, 0.4) is 0 Å². The van der Waals surface area contributed by atoms with Gasteiger partial charge in [0.05, 0.1) is 5.75 Å². The molecule has 98 valence electrons. The van der Waals surface area contributed by atoms with E-state index in [2.05, 4.69) is 20.4 Å². The fourth-order valence-electron chi connectivity index (χ4n) is 1.09. The minimum absolute atomic E-state index is 0.0850. The van der Waals surface area contributed by atoms with Crippen molar-refractivity contribution in [1.29, 1.82) is 0 Å². The zero-order valence-electron chi connectivity index (χ0n) is 8.97. The summed E-state index contributed by atoms with van der Waals surface area (Å²) in [6.07, 6.45) is -4.64. The highest BCUT2D eigenvalue weighted by Crippen LogP contribution is 2.29. The Hall–Kier alpha value is -1.78. The molecule has 0 radical (unpaired) electrons. The summed E-state index contributed by atoms with van der Waals surface area (Å²) >= 11 is 0.919. The molecule has 0 saturated carbocycles. The van der Waals surface area contributed by atoms with Crippen LogP contribution in [0.2, 0.25) is 0 Å². The van der Waals surface area contributed by atoms with Gasteiger partial charge in [-0.05, 0) is 0 Å². The first-order valence-electron chi connectivity index (χ1n) is 4.57. The molecule has 2 aromatic rings. The molecule has 0 aromatic carbocycles. The van der Waals surface area contributed by atoms with Crippen LogP contribution in [0.15, 0.2) is 9.57 Å². The van der Waals surface area contributed by atoms with Crippen molar-refractivity contribution in [3.63, 3.8) is 0 Å². The van der Waals surface area contributed by atoms with Crippen LogP contribution < -0.4 is 5.84 Å². The van der Waals surface area contributed by atoms with Gasteiger partial charge in [-0.15, -0.1) is 20.4 Å². The van der Waals surface area contributed by atoms with Crippen LogP contribution in [0, 0.1) is 6.92 Å². The van der Waals surface area contributed by atoms with Crippen LogP contribution in [0.25, 0.3) is 0 Å². The number of alkyl halides is 3. The maximum Gasteiger partial charge on any atom is 0.453 e. The van der Waals surface area contributed by atoms with Crippen molar-refractivity contribution in [3.8, 4) is 0 Å². The second-order valence-electron chi connectivity index (χ2n) is 3.18. The average molecular weight is 280 g/mol. The molecule has 0 unspecified atom stereocenters. The van der Waals surface area contributed by atoms with Gasteiger partial charge in [0.15, 0.2) is 0 Å². The first-order chi connectivity index (χ1) is 8.38. The van der Waals surface area contributed by atoms with E-state index in [4.69, 9.17) is 10.3 Å². The van der Waals surface area contributed by atoms with Gasteiger partial charge in [0.25, 0.3) is 5.82 Å². The Morgan fingerprint density at radius 3 is 2.50 bits per heavy atom. The predicted octanol–water partition coefficient (Wildman–Crippen LogP) is 0.994. The van der Waals surface area contributed by atoms with Crippen molar-refractivity contribution in [2.45, 2.75) is 24.0 Å². The molecule has 0 spiro atoms. The SMILES string of the molecule is Cc1nnc(CSc2nnc(C(F)(F)F)n2N)o1. The van der Waals surface area contributed by atoms with E-state index in [1.54, 1.807) is 6.92 Å². The first kappa shape index (κ1) is 12.7. The lowest BCUT2D eigenvalue weighted by Crippen LogP contribution is -2.21. The van der Waals surface area contributed by atoms with E-state index in [-0.39, 0.29) is 16.8 Å². The van der Waals surface area contributed by atoms with E-state index in [9.17, 15) is 13.2 Å². The van der Waals surface area contributed by atoms with E-state index >= 15 is 0 Å². The first-order valence-corrected chi connectivity index (χ1v) is 5.56. The zero-order chi connectivity index (χ0) is 13.3. The van der Waals surface area contributed by atoms with Gasteiger partial charge < -0.3 is 10.3 Å². The van der Waals surface area contributed by atoms with Crippen LogP contribution in [0.5, 0.6) is 0 Å². The Balaban J connectivity index is 2.09. The Labute approximate surface area is 103 Å². The smallest absolute Gasteiger partial charge is 0.425 e. The average Bonchev–Trinajstić information content (AvgIpc) is 2.81. The summed E-state index contributed by atoms with van der Waals surface area (Å²) in [5.41, 5.74) is 0. The largest absolute Gasteiger partial charge is 0.453 e. The Morgan fingerprint density at radius 2 is 2.00 bits per heavy atom. The Kier molecular flexibility index (Phi) is 3.15. The van der Waals surface area contributed by atoms with Crippen LogP contribution in [0.4, 0.5) is 13.2 Å². The molecule has 18 heavy (non-hydrogen) atoms. The molecule has 0 fully saturated rings. The van der Waals surface area contributed by atoms with Crippen LogP contribution in [-0.2, 0) is 11.9 Å². The number of aromatic nitrogens is 5. The lowest BCUT2D eigenvalue weighted by Gasteiger charge is -2.05. The monoisotopic (exact) mass is 280 g/mol. The standard InChI is InChI=1S/C7H7F3N6OS/c1-3-12-13-4(17-3)2-18-6-15-14-5(16(6)11)7(8,9)10/h2,11H2,1H3. The molecule has 2 aromatic heterocycles. The summed E-state index contributed by atoms with van der Waals surface area (Å²) in [5.74, 6) is 4.79. The third-order valence-corrected chi connectivity index (χ3v) is 2.74. The molecule has 0 saturated heterocycles. The van der Waals surface area contributed by atoms with E-state index in [0.29, 0.717) is 10.6 Å². The van der Waals surface area contributed by atoms with Gasteiger partial charge >= 0.3 is 6.18 Å². The molecule has 0 amide bonds. The molecular formula is C7H7F3N6OS. The minimum Gasteiger partial charge on any atom is -0.425 e. The Bertz CT molecular complexity index is 550. The highest BCUT2D eigenvalue weighted by atomic mass is 32.2. The second-order valence-corrected chi connectivity index (χ2v) is 4.12. The van der Waals surface area contributed by atoms with Crippen molar-refractivity contribution < 1.29 is 17.6 Å². The summed E-state index contributed by atoms with van der Waals surface area (Å²) < 4.78 is 42.6. The quantitative estimate of drug-likeness (QED) is 0.661. The van der Waals surface area contributed by atoms with Crippen LogP contribution >= 0.6 is 11.8 Å². The van der Waals surface area contributed by atoms with Crippen molar-refractivity contribution >= 4 is 11.8 Å². The molecule has 0 aliphatic heterocycles. The maximum atomic E-state index is 12.4. The number of rotatable bonds is 3. The highest BCUT2D eigenvalue weighted by Gasteiger charge is 2.38. The normalized spacial score (nSPS) is 12.0. The zero-order valence-corrected chi connectivity index (χ0v) is 9.79. The molecule has 0 aliphatic carbocycles. The van der Waals surface area contributed by atoms with Crippen molar-refractivity contribution in [3.05, 3.63) is 17.6 Å². The van der Waals surface area contributed by atoms with Gasteiger partial charge in [0.2, 0.25) is 16.9 Å². The molecule has 0 bridgehead atoms. The summed E-state index contributed by atoms with van der Waals surface area (Å²) in [6.45, 7) is 1.61. The van der Waals surface area contributed by atoms with Crippen molar-refractivity contribution in [2.24, 2.45) is 0 Å². The lowest BCUT2D eigenvalue weighted by molar-refractivity contribution is -0.146. The van der Waals surface area contributed by atoms with Crippen molar-refractivity contribution in [2.75, 3.05) is 5.84 Å². The summed E-state index contributed by atoms with van der Waals surface area (Å²) in [7, 11) is 0. The van der Waals surface area contributed by atoms with Gasteiger partial charge in [0.1, 0.15) is 0 Å². The topological polar surface area (TPSA) is 95.7 Å². The van der Waals surface area contributed by atoms with Crippen LogP contribution in [0.1, 0.15) is 17.6 Å². The van der Waals surface area contributed by atoms with E-state index in [0.717, 1.165) is 11.8 Å². The third kappa shape index (κ3) is 2.55. The molecule has 2 rings (SSSR count). The summed E-state index contributed by atoms with van der Waals surface area (Å²) in [5, 5.41) is 13.5. The van der Waals surface area contributed by atoms with Crippen LogP contribution in [-0.4, -0.2) is 25.1 Å². The van der Waals surface area contributed by atoms with Gasteiger partial charge in [-0.25, -0.2) is 4.68 Å². The van der Waals surface area contributed by atoms with Gasteiger partial charge in [0, 0.05) is 6.92 Å². The summed E-state index contributed by atoms with van der Waals surface area (Å²) in [6, 6.07) is 0. The maximum absolute atomic E-state index is 12.4. The van der Waals surface area contributed by atoms with Gasteiger partial charge in [-0.2, -0.15) is 13.2 Å². The molecule has 7 nitrogen and oxygen atoms in total. The number of nitrogen functional groups attached to an aromatic ring is 1. The molecule has 0 atom stereocenters. The molecular weight excluding hydrogens is 273 g/mol. The molecule has 2 heterocycles. The number of hydrogen-bond acceptors (Lipinski definition) is 7. The predicted molar refractivity (Wildman–Crippen MR) is 53.8 cm³/mol. The minimum atomic E-state index is -4.64. The number of nitrogens with two attached hydrogens (primary N) is 1. The molecule has 11 heteroatoms. The van der Waals surface area contributed by atoms with E-state index < -0.39 is 12.0 Å². The fourth-order valence-corrected chi connectivity index (χ4v) is 1.78. The Morgan fingerprint density at radius 1 is 1.28 bits per heavy atom.